The molecule has 0 radical (unpaired) electrons. The zero-order chi connectivity index (χ0) is 17.8. The van der Waals surface area contributed by atoms with Crippen molar-refractivity contribution in [2.75, 3.05) is 24.5 Å². The Morgan fingerprint density at radius 3 is 2.76 bits per heavy atom. The van der Waals surface area contributed by atoms with Crippen molar-refractivity contribution >= 4 is 17.9 Å². The second kappa shape index (κ2) is 7.71. The average Bonchev–Trinajstić information content (AvgIpc) is 2.96. The number of carboxylic acid groups (broad SMARTS) is 1. The Hall–Kier alpha value is -2.32. The quantitative estimate of drug-likeness (QED) is 0.783. The van der Waals surface area contributed by atoms with Crippen molar-refractivity contribution in [1.29, 1.82) is 0 Å². The lowest BCUT2D eigenvalue weighted by molar-refractivity contribution is -0.0663. The minimum atomic E-state index is -1.28. The summed E-state index contributed by atoms with van der Waals surface area (Å²) in [4.78, 5) is 26.5. The summed E-state index contributed by atoms with van der Waals surface area (Å²) < 4.78 is 10.4. The Morgan fingerprint density at radius 2 is 2.08 bits per heavy atom. The summed E-state index contributed by atoms with van der Waals surface area (Å²) in [5.41, 5.74) is 7.35. The third-order valence-electron chi connectivity index (χ3n) is 4.59. The van der Waals surface area contributed by atoms with Gasteiger partial charge in [-0.1, -0.05) is 12.1 Å². The molecule has 0 bridgehead atoms. The van der Waals surface area contributed by atoms with Crippen molar-refractivity contribution < 1.29 is 24.2 Å². The molecule has 1 amide bonds. The maximum Gasteiger partial charge on any atom is 0.507 e. The Kier molecular flexibility index (Phi) is 5.40. The third kappa shape index (κ3) is 4.21. The zero-order valence-corrected chi connectivity index (χ0v) is 14.0. The lowest BCUT2D eigenvalue weighted by atomic mass is 10.1. The molecule has 0 aromatic heterocycles. The third-order valence-corrected chi connectivity index (χ3v) is 4.59. The van der Waals surface area contributed by atoms with Crippen LogP contribution in [0.2, 0.25) is 0 Å². The van der Waals surface area contributed by atoms with Gasteiger partial charge in [0, 0.05) is 25.3 Å². The van der Waals surface area contributed by atoms with E-state index in [2.05, 4.69) is 0 Å². The van der Waals surface area contributed by atoms with Crippen molar-refractivity contribution in [3.63, 3.8) is 0 Å². The van der Waals surface area contributed by atoms with Crippen LogP contribution in [0, 0.1) is 0 Å². The van der Waals surface area contributed by atoms with Crippen LogP contribution in [-0.2, 0) is 16.0 Å². The predicted octanol–water partition coefficient (Wildman–Crippen LogP) is 1.98. The molecule has 2 atom stereocenters. The summed E-state index contributed by atoms with van der Waals surface area (Å²) in [6, 6.07) is 7.47. The molecule has 136 valence electrons. The highest BCUT2D eigenvalue weighted by atomic mass is 16.7. The molecule has 8 nitrogen and oxygen atoms in total. The van der Waals surface area contributed by atoms with Crippen LogP contribution in [0.4, 0.5) is 15.3 Å². The summed E-state index contributed by atoms with van der Waals surface area (Å²) in [7, 11) is 0. The van der Waals surface area contributed by atoms with E-state index >= 15 is 0 Å². The number of ether oxygens (including phenoxy) is 2. The van der Waals surface area contributed by atoms with E-state index in [1.807, 2.05) is 29.2 Å². The summed E-state index contributed by atoms with van der Waals surface area (Å²) in [5, 5.41) is 8.87. The number of likely N-dealkylation sites (tertiary alicyclic amines) is 1. The summed E-state index contributed by atoms with van der Waals surface area (Å²) in [5.74, 6) is 0. The minimum absolute atomic E-state index is 0.320. The second-order valence-electron chi connectivity index (χ2n) is 6.32. The molecule has 1 aromatic rings. The first-order valence-electron chi connectivity index (χ1n) is 8.47. The monoisotopic (exact) mass is 349 g/mol. The van der Waals surface area contributed by atoms with Crippen LogP contribution in [0.15, 0.2) is 24.3 Å². The lowest BCUT2D eigenvalue weighted by Gasteiger charge is -2.34. The van der Waals surface area contributed by atoms with Crippen LogP contribution < -0.4 is 10.6 Å². The molecular weight excluding hydrogens is 326 g/mol. The molecule has 2 heterocycles. The molecule has 2 aliphatic heterocycles. The predicted molar refractivity (Wildman–Crippen MR) is 90.3 cm³/mol. The number of amides is 1. The summed E-state index contributed by atoms with van der Waals surface area (Å²) >= 11 is 0. The maximum absolute atomic E-state index is 12.2. The number of hydrogen-bond acceptors (Lipinski definition) is 6. The van der Waals surface area contributed by atoms with Gasteiger partial charge in [0.05, 0.1) is 6.54 Å². The van der Waals surface area contributed by atoms with Crippen LogP contribution in [0.3, 0.4) is 0 Å². The summed E-state index contributed by atoms with van der Waals surface area (Å²) in [6.45, 7) is 2.07. The van der Waals surface area contributed by atoms with Gasteiger partial charge in [0.2, 0.25) is 0 Å². The van der Waals surface area contributed by atoms with Crippen molar-refractivity contribution in [1.82, 2.24) is 4.90 Å². The van der Waals surface area contributed by atoms with Crippen LogP contribution >= 0.6 is 0 Å². The van der Waals surface area contributed by atoms with E-state index in [-0.39, 0.29) is 6.10 Å². The van der Waals surface area contributed by atoms with Crippen molar-refractivity contribution in [3.05, 3.63) is 29.8 Å². The van der Waals surface area contributed by atoms with Crippen LogP contribution in [-0.4, -0.2) is 54.2 Å². The zero-order valence-electron chi connectivity index (χ0n) is 14.0. The fourth-order valence-electron chi connectivity index (χ4n) is 3.32. The number of cyclic esters (lactones) is 1. The van der Waals surface area contributed by atoms with Gasteiger partial charge in [-0.2, -0.15) is 0 Å². The fourth-order valence-corrected chi connectivity index (χ4v) is 3.32. The van der Waals surface area contributed by atoms with Crippen LogP contribution in [0.5, 0.6) is 0 Å². The van der Waals surface area contributed by atoms with Gasteiger partial charge in [-0.15, -0.1) is 0 Å². The average molecular weight is 349 g/mol. The van der Waals surface area contributed by atoms with Crippen molar-refractivity contribution in [2.45, 2.75) is 38.1 Å². The molecular formula is C17H23N3O5. The van der Waals surface area contributed by atoms with Gasteiger partial charge in [0.25, 0.3) is 0 Å². The Morgan fingerprint density at radius 1 is 1.32 bits per heavy atom. The van der Waals surface area contributed by atoms with E-state index in [4.69, 9.17) is 20.3 Å². The number of nitrogens with zero attached hydrogens (tertiary/aromatic N) is 2. The Labute approximate surface area is 146 Å². The topological polar surface area (TPSA) is 105 Å². The van der Waals surface area contributed by atoms with Crippen molar-refractivity contribution in [2.24, 2.45) is 5.73 Å². The molecule has 8 heteroatoms. The molecule has 0 aliphatic carbocycles. The molecule has 0 saturated carbocycles. The van der Waals surface area contributed by atoms with Gasteiger partial charge < -0.3 is 20.3 Å². The number of carbonyl (C=O) groups excluding carboxylic acids is 1. The van der Waals surface area contributed by atoms with E-state index in [0.29, 0.717) is 26.1 Å². The first-order valence-corrected chi connectivity index (χ1v) is 8.47. The highest BCUT2D eigenvalue weighted by molar-refractivity contribution is 5.89. The molecule has 2 saturated heterocycles. The number of carbonyl (C=O) groups is 2. The van der Waals surface area contributed by atoms with Gasteiger partial charge in [-0.25, -0.2) is 9.59 Å². The number of hydrogen-bond donors (Lipinski definition) is 2. The highest BCUT2D eigenvalue weighted by Crippen LogP contribution is 2.25. The van der Waals surface area contributed by atoms with E-state index in [1.54, 1.807) is 4.90 Å². The van der Waals surface area contributed by atoms with Crippen molar-refractivity contribution in [3.8, 4) is 0 Å². The Bertz CT molecular complexity index is 621. The van der Waals surface area contributed by atoms with E-state index in [9.17, 15) is 9.59 Å². The molecule has 3 rings (SSSR count). The lowest BCUT2D eigenvalue weighted by Crippen LogP contribution is -2.46. The van der Waals surface area contributed by atoms with Gasteiger partial charge >= 0.3 is 12.2 Å². The number of anilines is 1. The Balaban J connectivity index is 1.62. The standard InChI is InChI=1S/C17H23N3O5/c18-9-12-4-6-13(7-5-12)20-11-14(24-16(20)21)10-19-8-2-1-3-15(19)25-17(22)23/h4-7,14-15H,1-3,8-11,18H2,(H,22,23). The number of rotatable bonds is 5. The summed E-state index contributed by atoms with van der Waals surface area (Å²) in [6.07, 6.45) is 0.114. The first kappa shape index (κ1) is 17.5. The van der Waals surface area contributed by atoms with Crippen LogP contribution in [0.1, 0.15) is 24.8 Å². The molecule has 2 aliphatic rings. The first-order chi connectivity index (χ1) is 12.1. The highest BCUT2D eigenvalue weighted by Gasteiger charge is 2.36. The largest absolute Gasteiger partial charge is 0.507 e. The normalized spacial score (nSPS) is 24.2. The van der Waals surface area contributed by atoms with Gasteiger partial charge in [0.1, 0.15) is 6.10 Å². The number of nitrogens with two attached hydrogens (primary N) is 1. The maximum atomic E-state index is 12.2. The molecule has 2 unspecified atom stereocenters. The number of piperidine rings is 1. The van der Waals surface area contributed by atoms with E-state index < -0.39 is 18.5 Å². The number of benzene rings is 1. The minimum Gasteiger partial charge on any atom is -0.450 e. The van der Waals surface area contributed by atoms with E-state index in [1.165, 1.54) is 0 Å². The van der Waals surface area contributed by atoms with Gasteiger partial charge in [0.15, 0.2) is 6.23 Å². The molecule has 0 spiro atoms. The SMILES string of the molecule is NCc1ccc(N2CC(CN3CCCCC3OC(=O)O)OC2=O)cc1. The molecule has 3 N–H and O–H groups in total. The van der Waals surface area contributed by atoms with Gasteiger partial charge in [-0.3, -0.25) is 9.80 Å². The van der Waals surface area contributed by atoms with Gasteiger partial charge in [-0.05, 0) is 37.0 Å². The molecule has 25 heavy (non-hydrogen) atoms. The molecule has 1 aromatic carbocycles. The fraction of sp³-hybridized carbons (Fsp3) is 0.529. The smallest absolute Gasteiger partial charge is 0.450 e. The second-order valence-corrected chi connectivity index (χ2v) is 6.32. The van der Waals surface area contributed by atoms with E-state index in [0.717, 1.165) is 30.6 Å². The molecule has 2 fully saturated rings. The van der Waals surface area contributed by atoms with Crippen LogP contribution in [0.25, 0.3) is 0 Å².